The zero-order valence-electron chi connectivity index (χ0n) is 9.96. The Hall–Kier alpha value is -0.330. The smallest absolute Gasteiger partial charge is 0.139 e. The molecule has 4 saturated carbocycles. The highest BCUT2D eigenvalue weighted by Gasteiger charge is 2.53. The Bertz CT molecular complexity index is 278. The van der Waals surface area contributed by atoms with E-state index in [1.165, 1.54) is 32.1 Å². The molecule has 15 heavy (non-hydrogen) atoms. The van der Waals surface area contributed by atoms with Crippen LogP contribution in [0.5, 0.6) is 0 Å². The molecular formula is C14H22O. The van der Waals surface area contributed by atoms with Crippen LogP contribution in [0, 0.1) is 29.1 Å². The summed E-state index contributed by atoms with van der Waals surface area (Å²) < 4.78 is 0. The number of hydrogen-bond acceptors (Lipinski definition) is 1. The van der Waals surface area contributed by atoms with Gasteiger partial charge < -0.3 is 0 Å². The molecule has 84 valence electrons. The highest BCUT2D eigenvalue weighted by molar-refractivity contribution is 5.86. The Morgan fingerprint density at radius 2 is 1.60 bits per heavy atom. The van der Waals surface area contributed by atoms with E-state index in [1.807, 2.05) is 0 Å². The normalized spacial score (nSPS) is 48.7. The van der Waals surface area contributed by atoms with Crippen LogP contribution in [0.1, 0.15) is 52.4 Å². The monoisotopic (exact) mass is 206 g/mol. The summed E-state index contributed by atoms with van der Waals surface area (Å²) in [7, 11) is 0. The van der Waals surface area contributed by atoms with Crippen LogP contribution in [0.4, 0.5) is 0 Å². The van der Waals surface area contributed by atoms with Crippen molar-refractivity contribution in [2.24, 2.45) is 29.1 Å². The van der Waals surface area contributed by atoms with Gasteiger partial charge in [-0.2, -0.15) is 0 Å². The van der Waals surface area contributed by atoms with E-state index in [4.69, 9.17) is 0 Å². The lowest BCUT2D eigenvalue weighted by atomic mass is 9.57. The minimum atomic E-state index is 0.0961. The van der Waals surface area contributed by atoms with Crippen LogP contribution in [-0.4, -0.2) is 5.78 Å². The molecular weight excluding hydrogens is 184 g/mol. The van der Waals surface area contributed by atoms with Crippen molar-refractivity contribution in [3.8, 4) is 0 Å². The fraction of sp³-hybridized carbons (Fsp3) is 0.929. The fourth-order valence-corrected chi connectivity index (χ4v) is 4.80. The Balaban J connectivity index is 2.02. The van der Waals surface area contributed by atoms with E-state index in [2.05, 4.69) is 13.8 Å². The summed E-state index contributed by atoms with van der Waals surface area (Å²) in [4.78, 5) is 12.4. The molecule has 0 radical (unpaired) electrons. The van der Waals surface area contributed by atoms with E-state index < -0.39 is 0 Å². The van der Waals surface area contributed by atoms with Crippen molar-refractivity contribution in [3.05, 3.63) is 0 Å². The minimum absolute atomic E-state index is 0.0961. The van der Waals surface area contributed by atoms with E-state index >= 15 is 0 Å². The molecule has 0 spiro atoms. The van der Waals surface area contributed by atoms with Crippen LogP contribution in [0.2, 0.25) is 0 Å². The summed E-state index contributed by atoms with van der Waals surface area (Å²) in [6.45, 7) is 4.53. The summed E-state index contributed by atoms with van der Waals surface area (Å²) in [5.41, 5.74) is 0.0961. The molecule has 0 heterocycles. The number of rotatable bonds is 1. The highest BCUT2D eigenvalue weighted by Crippen LogP contribution is 2.58. The summed E-state index contributed by atoms with van der Waals surface area (Å²) in [5.74, 6) is 3.71. The molecule has 0 aromatic carbocycles. The van der Waals surface area contributed by atoms with Crippen molar-refractivity contribution in [3.63, 3.8) is 0 Å². The van der Waals surface area contributed by atoms with Crippen molar-refractivity contribution >= 4 is 5.78 Å². The molecule has 0 aliphatic heterocycles. The maximum absolute atomic E-state index is 12.4. The first-order valence-electron chi connectivity index (χ1n) is 6.63. The Kier molecular flexibility index (Phi) is 2.03. The van der Waals surface area contributed by atoms with Crippen molar-refractivity contribution in [1.29, 1.82) is 0 Å². The zero-order valence-corrected chi connectivity index (χ0v) is 9.96. The average molecular weight is 206 g/mol. The number of carbonyl (C=O) groups is 1. The van der Waals surface area contributed by atoms with E-state index in [9.17, 15) is 4.79 Å². The maximum atomic E-state index is 12.4. The predicted molar refractivity (Wildman–Crippen MR) is 60.5 cm³/mol. The number of Topliss-reactive ketones (excluding diaryl/α,β-unsaturated/α-hetero) is 1. The van der Waals surface area contributed by atoms with Gasteiger partial charge in [0.2, 0.25) is 0 Å². The average Bonchev–Trinajstić information content (AvgIpc) is 2.28. The van der Waals surface area contributed by atoms with E-state index in [0.29, 0.717) is 11.7 Å². The van der Waals surface area contributed by atoms with Crippen LogP contribution in [0.3, 0.4) is 0 Å². The topological polar surface area (TPSA) is 17.1 Å². The summed E-state index contributed by atoms with van der Waals surface area (Å²) in [5, 5.41) is 0. The number of hydrogen-bond donors (Lipinski definition) is 0. The number of carbonyl (C=O) groups excluding carboxylic acids is 1. The molecule has 0 aromatic rings. The third-order valence-electron chi connectivity index (χ3n) is 5.44. The standard InChI is InChI=1S/C14H22O/c1-9(2)14-7-11-3-10(6-13(14)15)4-12(5-11)8-14/h9-12H,3-8H2,1-2H3/t10?,11-,12+,14?. The van der Waals surface area contributed by atoms with Gasteiger partial charge in [0.1, 0.15) is 5.78 Å². The summed E-state index contributed by atoms with van der Waals surface area (Å²) in [6, 6.07) is 0. The highest BCUT2D eigenvalue weighted by atomic mass is 16.1. The molecule has 0 aromatic heterocycles. The number of ketones is 1. The van der Waals surface area contributed by atoms with Crippen molar-refractivity contribution in [2.75, 3.05) is 0 Å². The van der Waals surface area contributed by atoms with Crippen molar-refractivity contribution < 1.29 is 4.79 Å². The van der Waals surface area contributed by atoms with Gasteiger partial charge in [0.25, 0.3) is 0 Å². The second-order valence-electron chi connectivity index (χ2n) is 6.65. The first-order chi connectivity index (χ1) is 7.10. The third-order valence-corrected chi connectivity index (χ3v) is 5.44. The molecule has 0 N–H and O–H groups in total. The van der Waals surface area contributed by atoms with Gasteiger partial charge in [0.15, 0.2) is 0 Å². The van der Waals surface area contributed by atoms with E-state index in [1.54, 1.807) is 0 Å². The Morgan fingerprint density at radius 3 is 2.13 bits per heavy atom. The van der Waals surface area contributed by atoms with Gasteiger partial charge in [0.05, 0.1) is 0 Å². The van der Waals surface area contributed by atoms with Crippen molar-refractivity contribution in [1.82, 2.24) is 0 Å². The van der Waals surface area contributed by atoms with Gasteiger partial charge in [-0.15, -0.1) is 0 Å². The van der Waals surface area contributed by atoms with Gasteiger partial charge in [-0.3, -0.25) is 4.79 Å². The third kappa shape index (κ3) is 1.31. The Labute approximate surface area is 92.6 Å². The zero-order chi connectivity index (χ0) is 10.6. The lowest BCUT2D eigenvalue weighted by Gasteiger charge is -2.46. The van der Waals surface area contributed by atoms with Crippen LogP contribution < -0.4 is 0 Å². The molecule has 1 nitrogen and oxygen atoms in total. The molecule has 0 saturated heterocycles. The molecule has 4 rings (SSSR count). The van der Waals surface area contributed by atoms with Crippen molar-refractivity contribution in [2.45, 2.75) is 52.4 Å². The van der Waals surface area contributed by atoms with Gasteiger partial charge in [-0.1, -0.05) is 13.8 Å². The van der Waals surface area contributed by atoms with Crippen LogP contribution in [0.25, 0.3) is 0 Å². The molecule has 4 fully saturated rings. The van der Waals surface area contributed by atoms with Crippen LogP contribution in [0.15, 0.2) is 0 Å². The lowest BCUT2D eigenvalue weighted by molar-refractivity contribution is -0.134. The largest absolute Gasteiger partial charge is 0.299 e. The fourth-order valence-electron chi connectivity index (χ4n) is 4.80. The van der Waals surface area contributed by atoms with Gasteiger partial charge in [0, 0.05) is 11.8 Å². The molecule has 4 atom stereocenters. The first-order valence-corrected chi connectivity index (χ1v) is 6.63. The first kappa shape index (κ1) is 9.86. The van der Waals surface area contributed by atoms with Gasteiger partial charge in [-0.25, -0.2) is 0 Å². The Morgan fingerprint density at radius 1 is 1.07 bits per heavy atom. The maximum Gasteiger partial charge on any atom is 0.139 e. The molecule has 4 aliphatic rings. The molecule has 0 amide bonds. The lowest BCUT2D eigenvalue weighted by Crippen LogP contribution is -2.42. The van der Waals surface area contributed by atoms with Crippen LogP contribution >= 0.6 is 0 Å². The van der Waals surface area contributed by atoms with E-state index in [-0.39, 0.29) is 5.41 Å². The van der Waals surface area contributed by atoms with E-state index in [0.717, 1.165) is 24.2 Å². The van der Waals surface area contributed by atoms with Gasteiger partial charge >= 0.3 is 0 Å². The minimum Gasteiger partial charge on any atom is -0.299 e. The van der Waals surface area contributed by atoms with Crippen LogP contribution in [-0.2, 0) is 4.79 Å². The summed E-state index contributed by atoms with van der Waals surface area (Å²) >= 11 is 0. The predicted octanol–water partition coefficient (Wildman–Crippen LogP) is 3.43. The second kappa shape index (κ2) is 3.09. The quantitative estimate of drug-likeness (QED) is 0.642. The van der Waals surface area contributed by atoms with Gasteiger partial charge in [-0.05, 0) is 55.8 Å². The molecule has 4 bridgehead atoms. The summed E-state index contributed by atoms with van der Waals surface area (Å²) in [6.07, 6.45) is 7.49. The molecule has 1 heteroatoms. The molecule has 2 unspecified atom stereocenters. The molecule has 4 aliphatic carbocycles. The number of fused-ring (bicyclic) bond motifs is 1. The second-order valence-corrected chi connectivity index (χ2v) is 6.65. The SMILES string of the molecule is CC(C)C12C[C@@H]3CC(CC1=O)C[C@@H](C3)C2.